The molecule has 0 radical (unpaired) electrons. The van der Waals surface area contributed by atoms with Gasteiger partial charge in [0.05, 0.1) is 6.61 Å². The fourth-order valence-electron chi connectivity index (χ4n) is 4.50. The minimum absolute atomic E-state index is 0.102. The summed E-state index contributed by atoms with van der Waals surface area (Å²) in [7, 11) is 0. The van der Waals surface area contributed by atoms with E-state index in [0.29, 0.717) is 23.6 Å². The molecule has 0 unspecified atom stereocenters. The first-order valence-electron chi connectivity index (χ1n) is 12.0. The van der Waals surface area contributed by atoms with Gasteiger partial charge in [-0.3, -0.25) is 19.5 Å². The second-order valence-electron chi connectivity index (χ2n) is 8.44. The van der Waals surface area contributed by atoms with Crippen molar-refractivity contribution in [3.63, 3.8) is 0 Å². The Balaban J connectivity index is 1.82. The lowest BCUT2D eigenvalue weighted by molar-refractivity contribution is -0.123. The molecule has 0 bridgehead atoms. The topological polar surface area (TPSA) is 71.5 Å². The summed E-state index contributed by atoms with van der Waals surface area (Å²) in [6, 6.07) is 21.1. The fraction of sp³-hybridized carbons (Fsp3) is 0.321. The van der Waals surface area contributed by atoms with Gasteiger partial charge in [-0.1, -0.05) is 61.7 Å². The van der Waals surface area contributed by atoms with Crippen molar-refractivity contribution in [2.45, 2.75) is 51.1 Å². The van der Waals surface area contributed by atoms with Crippen molar-refractivity contribution in [3.8, 4) is 5.75 Å². The van der Waals surface area contributed by atoms with Crippen LogP contribution in [-0.4, -0.2) is 29.4 Å². The van der Waals surface area contributed by atoms with Crippen LogP contribution in [0.3, 0.4) is 0 Å². The molecule has 6 nitrogen and oxygen atoms in total. The molecule has 1 saturated carbocycles. The molecular weight excluding hydrogens is 426 g/mol. The summed E-state index contributed by atoms with van der Waals surface area (Å²) in [5, 5.41) is 3.23. The van der Waals surface area contributed by atoms with Crippen molar-refractivity contribution < 1.29 is 14.3 Å². The van der Waals surface area contributed by atoms with Crippen LogP contribution in [0.25, 0.3) is 0 Å². The van der Waals surface area contributed by atoms with Crippen LogP contribution in [0.1, 0.15) is 61.1 Å². The summed E-state index contributed by atoms with van der Waals surface area (Å²) in [5.41, 5.74) is 1.54. The number of rotatable bonds is 8. The fourth-order valence-corrected chi connectivity index (χ4v) is 4.50. The van der Waals surface area contributed by atoms with Crippen LogP contribution in [-0.2, 0) is 4.79 Å². The van der Waals surface area contributed by atoms with Crippen molar-refractivity contribution in [3.05, 3.63) is 90.3 Å². The van der Waals surface area contributed by atoms with E-state index in [0.717, 1.165) is 25.7 Å². The third-order valence-corrected chi connectivity index (χ3v) is 6.11. The molecule has 2 aromatic carbocycles. The van der Waals surface area contributed by atoms with E-state index in [1.807, 2.05) is 61.5 Å². The Hall–Kier alpha value is -3.67. The standard InChI is InChI=1S/C28H31N3O3/c1-2-34-25-19-10-9-17-23(25)26(27(32)30-21-13-5-3-6-14-21)31(22-15-7-4-8-16-22)28(33)24-18-11-12-20-29-24/h4,7-12,15-21,26H,2-3,5-6,13-14H2,1H3,(H,30,32)/t26-/m1/s1. The first-order chi connectivity index (χ1) is 16.7. The highest BCUT2D eigenvalue weighted by molar-refractivity contribution is 6.09. The summed E-state index contributed by atoms with van der Waals surface area (Å²) >= 11 is 0. The number of benzene rings is 2. The third kappa shape index (κ3) is 5.45. The molecule has 1 aromatic heterocycles. The molecule has 176 valence electrons. The average molecular weight is 458 g/mol. The maximum Gasteiger partial charge on any atom is 0.277 e. The third-order valence-electron chi connectivity index (χ3n) is 6.11. The van der Waals surface area contributed by atoms with E-state index in [2.05, 4.69) is 10.3 Å². The Kier molecular flexibility index (Phi) is 7.91. The van der Waals surface area contributed by atoms with Crippen LogP contribution in [0.2, 0.25) is 0 Å². The SMILES string of the molecule is CCOc1ccccc1[C@H](C(=O)NC1CCCCC1)N(C(=O)c1ccccn1)c1ccccc1. The second kappa shape index (κ2) is 11.5. The molecule has 0 spiro atoms. The lowest BCUT2D eigenvalue weighted by Crippen LogP contribution is -2.47. The number of aromatic nitrogens is 1. The molecule has 6 heteroatoms. The van der Waals surface area contributed by atoms with Crippen LogP contribution in [0, 0.1) is 0 Å². The van der Waals surface area contributed by atoms with Crippen molar-refractivity contribution in [1.82, 2.24) is 10.3 Å². The van der Waals surface area contributed by atoms with E-state index in [-0.39, 0.29) is 23.6 Å². The molecule has 2 amide bonds. The van der Waals surface area contributed by atoms with E-state index in [1.54, 1.807) is 29.3 Å². The Morgan fingerprint density at radius 1 is 0.971 bits per heavy atom. The van der Waals surface area contributed by atoms with Crippen LogP contribution in [0.15, 0.2) is 79.0 Å². The van der Waals surface area contributed by atoms with Gasteiger partial charge in [0.1, 0.15) is 17.5 Å². The molecular formula is C28H31N3O3. The molecule has 0 saturated heterocycles. The van der Waals surface area contributed by atoms with E-state index in [4.69, 9.17) is 4.74 Å². The zero-order chi connectivity index (χ0) is 23.8. The minimum atomic E-state index is -0.915. The molecule has 4 rings (SSSR count). The summed E-state index contributed by atoms with van der Waals surface area (Å²) in [4.78, 5) is 33.6. The zero-order valence-electron chi connectivity index (χ0n) is 19.5. The van der Waals surface area contributed by atoms with Crippen LogP contribution < -0.4 is 15.0 Å². The predicted octanol–water partition coefficient (Wildman–Crippen LogP) is 5.32. The average Bonchev–Trinajstić information content (AvgIpc) is 2.89. The van der Waals surface area contributed by atoms with E-state index in [9.17, 15) is 9.59 Å². The van der Waals surface area contributed by atoms with Gasteiger partial charge in [-0.05, 0) is 50.1 Å². The molecule has 0 aliphatic heterocycles. The normalized spacial score (nSPS) is 14.7. The maximum atomic E-state index is 13.9. The van der Waals surface area contributed by atoms with Crippen molar-refractivity contribution in [1.29, 1.82) is 0 Å². The molecule has 34 heavy (non-hydrogen) atoms. The number of ether oxygens (including phenoxy) is 1. The number of nitrogens with zero attached hydrogens (tertiary/aromatic N) is 2. The number of hydrogen-bond donors (Lipinski definition) is 1. The highest BCUT2D eigenvalue weighted by Crippen LogP contribution is 2.35. The summed E-state index contributed by atoms with van der Waals surface area (Å²) in [6.07, 6.45) is 6.87. The van der Waals surface area contributed by atoms with Crippen molar-refractivity contribution >= 4 is 17.5 Å². The summed E-state index contributed by atoms with van der Waals surface area (Å²) in [5.74, 6) is 0.0256. The molecule has 3 aromatic rings. The maximum absolute atomic E-state index is 13.9. The zero-order valence-corrected chi connectivity index (χ0v) is 19.5. The van der Waals surface area contributed by atoms with Gasteiger partial charge >= 0.3 is 0 Å². The summed E-state index contributed by atoms with van der Waals surface area (Å²) < 4.78 is 5.90. The number of hydrogen-bond acceptors (Lipinski definition) is 4. The lowest BCUT2D eigenvalue weighted by Gasteiger charge is -2.34. The van der Waals surface area contributed by atoms with Gasteiger partial charge in [-0.25, -0.2) is 0 Å². The molecule has 1 N–H and O–H groups in total. The quantitative estimate of drug-likeness (QED) is 0.497. The second-order valence-corrected chi connectivity index (χ2v) is 8.44. The van der Waals surface area contributed by atoms with Gasteiger partial charge in [0.25, 0.3) is 5.91 Å². The van der Waals surface area contributed by atoms with Crippen LogP contribution in [0.4, 0.5) is 5.69 Å². The van der Waals surface area contributed by atoms with E-state index >= 15 is 0 Å². The first kappa shape index (κ1) is 23.5. The van der Waals surface area contributed by atoms with Gasteiger partial charge in [-0.15, -0.1) is 0 Å². The largest absolute Gasteiger partial charge is 0.493 e. The molecule has 1 fully saturated rings. The van der Waals surface area contributed by atoms with Crippen LogP contribution >= 0.6 is 0 Å². The summed E-state index contributed by atoms with van der Waals surface area (Å²) in [6.45, 7) is 2.36. The Morgan fingerprint density at radius 3 is 2.38 bits per heavy atom. The number of carbonyl (C=O) groups excluding carboxylic acids is 2. The highest BCUT2D eigenvalue weighted by Gasteiger charge is 2.36. The molecule has 1 heterocycles. The first-order valence-corrected chi connectivity index (χ1v) is 12.0. The van der Waals surface area contributed by atoms with Gasteiger partial charge in [0, 0.05) is 23.5 Å². The van der Waals surface area contributed by atoms with E-state index in [1.165, 1.54) is 6.42 Å². The van der Waals surface area contributed by atoms with Gasteiger partial charge in [0.2, 0.25) is 5.91 Å². The predicted molar refractivity (Wildman–Crippen MR) is 133 cm³/mol. The number of carbonyl (C=O) groups is 2. The number of nitrogens with one attached hydrogen (secondary N) is 1. The highest BCUT2D eigenvalue weighted by atomic mass is 16.5. The van der Waals surface area contributed by atoms with Crippen molar-refractivity contribution in [2.24, 2.45) is 0 Å². The number of amides is 2. The smallest absolute Gasteiger partial charge is 0.277 e. The van der Waals surface area contributed by atoms with Gasteiger partial charge in [-0.2, -0.15) is 0 Å². The van der Waals surface area contributed by atoms with Crippen LogP contribution in [0.5, 0.6) is 5.75 Å². The monoisotopic (exact) mass is 457 g/mol. The lowest BCUT2D eigenvalue weighted by atomic mass is 9.94. The molecule has 1 atom stereocenters. The Bertz CT molecular complexity index is 1080. The van der Waals surface area contributed by atoms with Gasteiger partial charge in [0.15, 0.2) is 0 Å². The number of para-hydroxylation sites is 2. The Morgan fingerprint density at radius 2 is 1.68 bits per heavy atom. The Labute approximate surface area is 201 Å². The molecule has 1 aliphatic rings. The number of pyridine rings is 1. The van der Waals surface area contributed by atoms with Crippen molar-refractivity contribution in [2.75, 3.05) is 11.5 Å². The van der Waals surface area contributed by atoms with Gasteiger partial charge < -0.3 is 10.1 Å². The minimum Gasteiger partial charge on any atom is -0.493 e. The molecule has 1 aliphatic carbocycles. The number of anilines is 1. The van der Waals surface area contributed by atoms with E-state index < -0.39 is 6.04 Å².